The van der Waals surface area contributed by atoms with E-state index in [4.69, 9.17) is 19.7 Å². The Morgan fingerprint density at radius 2 is 2.08 bits per heavy atom. The van der Waals surface area contributed by atoms with Crippen molar-refractivity contribution in [2.24, 2.45) is 10.9 Å². The van der Waals surface area contributed by atoms with Crippen molar-refractivity contribution in [3.8, 4) is 0 Å². The van der Waals surface area contributed by atoms with E-state index in [9.17, 15) is 0 Å². The van der Waals surface area contributed by atoms with Crippen molar-refractivity contribution in [1.29, 1.82) is 0 Å². The first-order valence-electron chi connectivity index (χ1n) is 14.7. The number of aliphatic imine (C=N–C) groups is 1. The molecule has 214 valence electrons. The standard InChI is InChI=1S/C32H45N7O/c1-7-8-9-28(36-22(2)18-33-6)39-27-17-31(3,4)40-21-32(27,5)26-20-35-30(38-29(26)39)37-25-12-10-23(11-13-25)16-24-14-15-34-19-24/h8-13,20,24,27,33-34H,2,7,14-19,21H2,1,3-6H3,(H,35,37,38)/b9-8-,36-28+/t24-,27-,32-/m0/s1. The lowest BCUT2D eigenvalue weighted by Gasteiger charge is -2.46. The van der Waals surface area contributed by atoms with Crippen LogP contribution in [0.5, 0.6) is 0 Å². The van der Waals surface area contributed by atoms with E-state index < -0.39 is 0 Å². The molecule has 8 heteroatoms. The van der Waals surface area contributed by atoms with Gasteiger partial charge in [0, 0.05) is 35.1 Å². The number of hydrogen-bond donors (Lipinski definition) is 3. The molecule has 3 aliphatic rings. The molecule has 0 spiro atoms. The van der Waals surface area contributed by atoms with Crippen molar-refractivity contribution in [1.82, 2.24) is 20.6 Å². The summed E-state index contributed by atoms with van der Waals surface area (Å²) in [7, 11) is 1.91. The van der Waals surface area contributed by atoms with Crippen molar-refractivity contribution >= 4 is 23.3 Å². The first-order valence-corrected chi connectivity index (χ1v) is 14.7. The van der Waals surface area contributed by atoms with Gasteiger partial charge in [-0.3, -0.25) is 0 Å². The minimum absolute atomic E-state index is 0.128. The summed E-state index contributed by atoms with van der Waals surface area (Å²) in [6.45, 7) is 16.4. The van der Waals surface area contributed by atoms with Crippen LogP contribution in [-0.2, 0) is 16.6 Å². The first kappa shape index (κ1) is 28.5. The Hall–Kier alpha value is -3.07. The summed E-state index contributed by atoms with van der Waals surface area (Å²) in [6, 6.07) is 8.80. The Morgan fingerprint density at radius 3 is 2.77 bits per heavy atom. The van der Waals surface area contributed by atoms with Gasteiger partial charge in [-0.05, 0) is 89.4 Å². The average molecular weight is 544 g/mol. The third-order valence-corrected chi connectivity index (χ3v) is 8.41. The molecule has 0 amide bonds. The first-order chi connectivity index (χ1) is 19.2. The van der Waals surface area contributed by atoms with Crippen molar-refractivity contribution in [3.05, 3.63) is 66.0 Å². The van der Waals surface area contributed by atoms with E-state index in [1.54, 1.807) is 0 Å². The summed E-state index contributed by atoms with van der Waals surface area (Å²) < 4.78 is 6.37. The van der Waals surface area contributed by atoms with Crippen molar-refractivity contribution < 1.29 is 4.74 Å². The monoisotopic (exact) mass is 543 g/mol. The van der Waals surface area contributed by atoms with Crippen LogP contribution < -0.4 is 20.9 Å². The lowest BCUT2D eigenvalue weighted by molar-refractivity contribution is -0.0889. The highest BCUT2D eigenvalue weighted by Crippen LogP contribution is 2.51. The number of allylic oxidation sites excluding steroid dienone is 1. The zero-order chi connectivity index (χ0) is 28.3. The Kier molecular flexibility index (Phi) is 8.40. The van der Waals surface area contributed by atoms with Gasteiger partial charge < -0.3 is 25.6 Å². The number of rotatable bonds is 9. The SMILES string of the molecule is C=C(CNC)/N=C(\C=C/CC)N1c2nc(Nc3ccc(C[C@@H]4CCNC4)cc3)ncc2[C@]2(C)COC(C)(C)C[C@H]12. The zero-order valence-electron chi connectivity index (χ0n) is 24.8. The third kappa shape index (κ3) is 5.99. The molecule has 3 aliphatic heterocycles. The molecule has 0 radical (unpaired) electrons. The quantitative estimate of drug-likeness (QED) is 0.299. The molecule has 2 aromatic rings. The molecule has 8 nitrogen and oxygen atoms in total. The van der Waals surface area contributed by atoms with Gasteiger partial charge in [0.15, 0.2) is 0 Å². The minimum Gasteiger partial charge on any atom is -0.374 e. The second-order valence-electron chi connectivity index (χ2n) is 12.2. The second kappa shape index (κ2) is 11.8. The highest BCUT2D eigenvalue weighted by atomic mass is 16.5. The van der Waals surface area contributed by atoms with Crippen molar-refractivity contribution in [2.75, 3.05) is 43.5 Å². The van der Waals surface area contributed by atoms with E-state index in [2.05, 4.69) is 91.5 Å². The third-order valence-electron chi connectivity index (χ3n) is 8.41. The molecule has 3 atom stereocenters. The maximum absolute atomic E-state index is 6.37. The number of anilines is 3. The lowest BCUT2D eigenvalue weighted by Crippen LogP contribution is -2.56. The molecule has 0 aliphatic carbocycles. The molecule has 0 unspecified atom stereocenters. The molecule has 1 aromatic carbocycles. The molecule has 40 heavy (non-hydrogen) atoms. The van der Waals surface area contributed by atoms with Crippen LogP contribution in [0.15, 0.2) is 59.9 Å². The van der Waals surface area contributed by atoms with E-state index in [1.807, 2.05) is 13.2 Å². The predicted octanol–water partition coefficient (Wildman–Crippen LogP) is 5.12. The molecule has 2 saturated heterocycles. The summed E-state index contributed by atoms with van der Waals surface area (Å²) in [6.07, 6.45) is 10.4. The molecule has 5 rings (SSSR count). The number of likely N-dealkylation sites (N-methyl/N-ethyl adjacent to an activating group) is 1. The van der Waals surface area contributed by atoms with E-state index >= 15 is 0 Å². The Bertz CT molecular complexity index is 1260. The zero-order valence-corrected chi connectivity index (χ0v) is 24.8. The van der Waals surface area contributed by atoms with Gasteiger partial charge in [0.25, 0.3) is 0 Å². The van der Waals surface area contributed by atoms with Gasteiger partial charge in [-0.2, -0.15) is 4.98 Å². The van der Waals surface area contributed by atoms with Gasteiger partial charge in [-0.1, -0.05) is 38.6 Å². The Morgan fingerprint density at radius 1 is 1.27 bits per heavy atom. The lowest BCUT2D eigenvalue weighted by atomic mass is 9.73. The van der Waals surface area contributed by atoms with Crippen molar-refractivity contribution in [3.63, 3.8) is 0 Å². The maximum atomic E-state index is 6.37. The largest absolute Gasteiger partial charge is 0.374 e. The highest BCUT2D eigenvalue weighted by molar-refractivity contribution is 6.08. The average Bonchev–Trinajstić information content (AvgIpc) is 3.51. The predicted molar refractivity (Wildman–Crippen MR) is 165 cm³/mol. The van der Waals surface area contributed by atoms with E-state index in [0.29, 0.717) is 19.1 Å². The Balaban J connectivity index is 1.48. The van der Waals surface area contributed by atoms with Crippen LogP contribution in [-0.4, -0.2) is 60.7 Å². The van der Waals surface area contributed by atoms with Gasteiger partial charge in [-0.25, -0.2) is 9.98 Å². The van der Waals surface area contributed by atoms with Crippen LogP contribution in [0.4, 0.5) is 17.5 Å². The summed E-state index contributed by atoms with van der Waals surface area (Å²) in [5.41, 5.74) is 3.71. The topological polar surface area (TPSA) is 86.7 Å². The molecular weight excluding hydrogens is 498 g/mol. The summed E-state index contributed by atoms with van der Waals surface area (Å²) in [5, 5.41) is 10.1. The van der Waals surface area contributed by atoms with Crippen LogP contribution in [0.2, 0.25) is 0 Å². The van der Waals surface area contributed by atoms with Gasteiger partial charge >= 0.3 is 0 Å². The van der Waals surface area contributed by atoms with Gasteiger partial charge in [-0.15, -0.1) is 0 Å². The van der Waals surface area contributed by atoms with Gasteiger partial charge in [0.05, 0.1) is 18.2 Å². The molecule has 1 aromatic heterocycles. The number of amidine groups is 1. The number of benzene rings is 1. The molecular formula is C32H45N7O. The smallest absolute Gasteiger partial charge is 0.229 e. The number of nitrogens with zero attached hydrogens (tertiary/aromatic N) is 4. The molecule has 4 heterocycles. The second-order valence-corrected chi connectivity index (χ2v) is 12.2. The number of ether oxygens (including phenoxy) is 1. The minimum atomic E-state index is -0.259. The number of fused-ring (bicyclic) bond motifs is 3. The summed E-state index contributed by atoms with van der Waals surface area (Å²) >= 11 is 0. The van der Waals surface area contributed by atoms with Gasteiger partial charge in [0.1, 0.15) is 11.7 Å². The Labute approximate surface area is 239 Å². The number of aromatic nitrogens is 2. The number of hydrogen-bond acceptors (Lipinski definition) is 7. The molecule has 0 saturated carbocycles. The molecule has 3 N–H and O–H groups in total. The maximum Gasteiger partial charge on any atom is 0.229 e. The normalized spacial score (nSPS) is 25.7. The van der Waals surface area contributed by atoms with Gasteiger partial charge in [0.2, 0.25) is 5.95 Å². The van der Waals surface area contributed by atoms with Crippen LogP contribution in [0, 0.1) is 5.92 Å². The van der Waals surface area contributed by atoms with E-state index in [1.165, 1.54) is 12.0 Å². The summed E-state index contributed by atoms with van der Waals surface area (Å²) in [4.78, 5) is 17.2. The molecule has 0 bridgehead atoms. The van der Waals surface area contributed by atoms with Crippen LogP contribution in [0.1, 0.15) is 58.1 Å². The van der Waals surface area contributed by atoms with Crippen LogP contribution >= 0.6 is 0 Å². The van der Waals surface area contributed by atoms with Crippen LogP contribution in [0.25, 0.3) is 0 Å². The van der Waals surface area contributed by atoms with Crippen molar-refractivity contribution in [2.45, 2.75) is 70.4 Å². The fourth-order valence-corrected chi connectivity index (χ4v) is 6.14. The summed E-state index contributed by atoms with van der Waals surface area (Å²) in [5.74, 6) is 3.04. The molecule has 2 fully saturated rings. The fraction of sp³-hybridized carbons (Fsp3) is 0.531. The van der Waals surface area contributed by atoms with Crippen LogP contribution in [0.3, 0.4) is 0 Å². The number of nitrogens with one attached hydrogen (secondary N) is 3. The fourth-order valence-electron chi connectivity index (χ4n) is 6.14. The van der Waals surface area contributed by atoms with E-state index in [0.717, 1.165) is 66.9 Å². The highest BCUT2D eigenvalue weighted by Gasteiger charge is 2.55. The van der Waals surface area contributed by atoms with E-state index in [-0.39, 0.29) is 17.1 Å².